The van der Waals surface area contributed by atoms with Gasteiger partial charge in [0, 0.05) is 6.42 Å². The van der Waals surface area contributed by atoms with Crippen molar-refractivity contribution in [3.05, 3.63) is 23.7 Å². The van der Waals surface area contributed by atoms with Crippen molar-refractivity contribution in [2.45, 2.75) is 39.5 Å². The van der Waals surface area contributed by atoms with E-state index in [0.717, 1.165) is 25.0 Å². The molecule has 88 valence electrons. The lowest BCUT2D eigenvalue weighted by atomic mass is 10.2. The smallest absolute Gasteiger partial charge is 0.240 e. The van der Waals surface area contributed by atoms with E-state index in [0.29, 0.717) is 12.2 Å². The summed E-state index contributed by atoms with van der Waals surface area (Å²) in [4.78, 5) is 11.3. The molecule has 0 aliphatic heterocycles. The lowest BCUT2D eigenvalue weighted by Gasteiger charge is -1.97. The monoisotopic (exact) mass is 222 g/mol. The number of carbonyl (C=O) groups is 1. The van der Waals surface area contributed by atoms with E-state index >= 15 is 0 Å². The molecule has 4 heteroatoms. The number of unbranched alkanes of at least 4 members (excludes halogenated alkanes) is 2. The standard InChI is InChI=1S/C12H18N2O2/c1-3-4-5-6-12(15)14-13-9-11-8-7-10(2)16-11/h7-9H,3-6H2,1-2H3,(H,14,15). The van der Waals surface area contributed by atoms with Crippen LogP contribution < -0.4 is 5.43 Å². The van der Waals surface area contributed by atoms with Gasteiger partial charge in [0.2, 0.25) is 5.91 Å². The molecule has 0 saturated carbocycles. The zero-order valence-corrected chi connectivity index (χ0v) is 9.82. The van der Waals surface area contributed by atoms with Crippen LogP contribution in [0.1, 0.15) is 44.1 Å². The van der Waals surface area contributed by atoms with Gasteiger partial charge in [-0.2, -0.15) is 5.10 Å². The average Bonchev–Trinajstić information content (AvgIpc) is 2.65. The summed E-state index contributed by atoms with van der Waals surface area (Å²) in [5.41, 5.74) is 2.47. The van der Waals surface area contributed by atoms with Gasteiger partial charge in [0.25, 0.3) is 0 Å². The van der Waals surface area contributed by atoms with Crippen LogP contribution in [0.15, 0.2) is 21.7 Å². The predicted octanol–water partition coefficient (Wildman–Crippen LogP) is 2.62. The van der Waals surface area contributed by atoms with Crippen molar-refractivity contribution in [3.63, 3.8) is 0 Å². The first kappa shape index (κ1) is 12.5. The Morgan fingerprint density at radius 1 is 1.50 bits per heavy atom. The van der Waals surface area contributed by atoms with E-state index < -0.39 is 0 Å². The lowest BCUT2D eigenvalue weighted by Crippen LogP contribution is -2.16. The lowest BCUT2D eigenvalue weighted by molar-refractivity contribution is -0.121. The molecule has 0 unspecified atom stereocenters. The van der Waals surface area contributed by atoms with E-state index in [1.807, 2.05) is 19.1 Å². The molecule has 0 saturated heterocycles. The van der Waals surface area contributed by atoms with Crippen molar-refractivity contribution in [1.29, 1.82) is 0 Å². The molecule has 0 spiro atoms. The first-order valence-electron chi connectivity index (χ1n) is 5.60. The number of carbonyl (C=O) groups excluding carboxylic acids is 1. The number of hydrogen-bond acceptors (Lipinski definition) is 3. The Kier molecular flexibility index (Phi) is 5.32. The molecule has 1 amide bonds. The Hall–Kier alpha value is -1.58. The Morgan fingerprint density at radius 3 is 2.94 bits per heavy atom. The molecule has 0 aliphatic carbocycles. The summed E-state index contributed by atoms with van der Waals surface area (Å²) in [6, 6.07) is 3.66. The van der Waals surface area contributed by atoms with Crippen LogP contribution in [0.5, 0.6) is 0 Å². The maximum Gasteiger partial charge on any atom is 0.240 e. The van der Waals surface area contributed by atoms with Gasteiger partial charge >= 0.3 is 0 Å². The predicted molar refractivity (Wildman–Crippen MR) is 63.3 cm³/mol. The fraction of sp³-hybridized carbons (Fsp3) is 0.500. The average molecular weight is 222 g/mol. The van der Waals surface area contributed by atoms with Crippen LogP contribution in [0, 0.1) is 6.92 Å². The van der Waals surface area contributed by atoms with Crippen LogP contribution >= 0.6 is 0 Å². The maximum absolute atomic E-state index is 11.3. The topological polar surface area (TPSA) is 54.6 Å². The van der Waals surface area contributed by atoms with Crippen molar-refractivity contribution >= 4 is 12.1 Å². The van der Waals surface area contributed by atoms with E-state index in [2.05, 4.69) is 17.5 Å². The molecule has 0 aliphatic rings. The zero-order chi connectivity index (χ0) is 11.8. The quantitative estimate of drug-likeness (QED) is 0.457. The summed E-state index contributed by atoms with van der Waals surface area (Å²) in [6.45, 7) is 3.97. The van der Waals surface area contributed by atoms with Gasteiger partial charge < -0.3 is 4.42 Å². The molecule has 1 aromatic heterocycles. The fourth-order valence-electron chi connectivity index (χ4n) is 1.28. The van der Waals surface area contributed by atoms with Crippen LogP contribution in [-0.4, -0.2) is 12.1 Å². The first-order chi connectivity index (χ1) is 7.72. The van der Waals surface area contributed by atoms with Crippen LogP contribution in [0.3, 0.4) is 0 Å². The number of rotatable bonds is 6. The first-order valence-corrected chi connectivity index (χ1v) is 5.60. The van der Waals surface area contributed by atoms with Crippen molar-refractivity contribution in [1.82, 2.24) is 5.43 Å². The van der Waals surface area contributed by atoms with Crippen molar-refractivity contribution in [3.8, 4) is 0 Å². The maximum atomic E-state index is 11.3. The third-order valence-electron chi connectivity index (χ3n) is 2.15. The van der Waals surface area contributed by atoms with Crippen LogP contribution in [-0.2, 0) is 4.79 Å². The van der Waals surface area contributed by atoms with Gasteiger partial charge in [-0.3, -0.25) is 4.79 Å². The van der Waals surface area contributed by atoms with Gasteiger partial charge in [0.15, 0.2) is 0 Å². The molecule has 4 nitrogen and oxygen atoms in total. The molecular formula is C12H18N2O2. The Bertz CT molecular complexity index is 356. The molecule has 1 heterocycles. The Morgan fingerprint density at radius 2 is 2.31 bits per heavy atom. The number of hydrazone groups is 1. The third-order valence-corrected chi connectivity index (χ3v) is 2.15. The van der Waals surface area contributed by atoms with E-state index in [1.165, 1.54) is 6.21 Å². The van der Waals surface area contributed by atoms with Crippen LogP contribution in [0.2, 0.25) is 0 Å². The van der Waals surface area contributed by atoms with E-state index in [-0.39, 0.29) is 5.91 Å². The molecule has 1 N–H and O–H groups in total. The molecule has 0 atom stereocenters. The van der Waals surface area contributed by atoms with Crippen molar-refractivity contribution < 1.29 is 9.21 Å². The molecule has 16 heavy (non-hydrogen) atoms. The van der Waals surface area contributed by atoms with Crippen LogP contribution in [0.25, 0.3) is 0 Å². The summed E-state index contributed by atoms with van der Waals surface area (Å²) >= 11 is 0. The highest BCUT2D eigenvalue weighted by Crippen LogP contribution is 2.02. The van der Waals surface area contributed by atoms with Crippen LogP contribution in [0.4, 0.5) is 0 Å². The molecule has 0 bridgehead atoms. The number of amides is 1. The number of furan rings is 1. The fourth-order valence-corrected chi connectivity index (χ4v) is 1.28. The Labute approximate surface area is 95.7 Å². The van der Waals surface area contributed by atoms with Gasteiger partial charge in [0.05, 0.1) is 6.21 Å². The Balaban J connectivity index is 2.23. The molecule has 0 aromatic carbocycles. The second-order valence-corrected chi connectivity index (χ2v) is 3.70. The molecule has 0 radical (unpaired) electrons. The van der Waals surface area contributed by atoms with Crippen molar-refractivity contribution in [2.24, 2.45) is 5.10 Å². The summed E-state index contributed by atoms with van der Waals surface area (Å²) in [5.74, 6) is 1.43. The minimum Gasteiger partial charge on any atom is -0.460 e. The summed E-state index contributed by atoms with van der Waals surface area (Å²) < 4.78 is 5.26. The number of nitrogens with one attached hydrogen (secondary N) is 1. The molecular weight excluding hydrogens is 204 g/mol. The highest BCUT2D eigenvalue weighted by molar-refractivity contribution is 5.80. The van der Waals surface area contributed by atoms with Gasteiger partial charge in [-0.15, -0.1) is 0 Å². The number of nitrogens with zero attached hydrogens (tertiary/aromatic N) is 1. The van der Waals surface area contributed by atoms with Gasteiger partial charge in [-0.25, -0.2) is 5.43 Å². The molecule has 1 aromatic rings. The third kappa shape index (κ3) is 4.77. The highest BCUT2D eigenvalue weighted by atomic mass is 16.3. The normalized spacial score (nSPS) is 10.9. The summed E-state index contributed by atoms with van der Waals surface area (Å²) in [5, 5.41) is 3.82. The minimum atomic E-state index is -0.0482. The summed E-state index contributed by atoms with van der Waals surface area (Å²) in [6.07, 6.45) is 5.14. The summed E-state index contributed by atoms with van der Waals surface area (Å²) in [7, 11) is 0. The number of aryl methyl sites for hydroxylation is 1. The minimum absolute atomic E-state index is 0.0482. The van der Waals surface area contributed by atoms with Crippen molar-refractivity contribution in [2.75, 3.05) is 0 Å². The van der Waals surface area contributed by atoms with E-state index in [9.17, 15) is 4.79 Å². The van der Waals surface area contributed by atoms with E-state index in [1.54, 1.807) is 0 Å². The van der Waals surface area contributed by atoms with E-state index in [4.69, 9.17) is 4.42 Å². The number of hydrogen-bond donors (Lipinski definition) is 1. The highest BCUT2D eigenvalue weighted by Gasteiger charge is 1.98. The van der Waals surface area contributed by atoms with Gasteiger partial charge in [-0.1, -0.05) is 19.8 Å². The van der Waals surface area contributed by atoms with Gasteiger partial charge in [0.1, 0.15) is 11.5 Å². The second kappa shape index (κ2) is 6.82. The van der Waals surface area contributed by atoms with Gasteiger partial charge in [-0.05, 0) is 25.5 Å². The molecule has 1 rings (SSSR count). The SMILES string of the molecule is CCCCCC(=O)NN=Cc1ccc(C)o1. The zero-order valence-electron chi connectivity index (χ0n) is 9.82. The molecule has 0 fully saturated rings. The largest absolute Gasteiger partial charge is 0.460 e. The second-order valence-electron chi connectivity index (χ2n) is 3.70.